The van der Waals surface area contributed by atoms with Crippen LogP contribution in [0.15, 0.2) is 84.9 Å². The van der Waals surface area contributed by atoms with E-state index in [0.717, 1.165) is 41.9 Å². The van der Waals surface area contributed by atoms with Crippen molar-refractivity contribution in [3.05, 3.63) is 102 Å². The molecule has 4 nitrogen and oxygen atoms in total. The topological polar surface area (TPSA) is 41.6 Å². The molecule has 4 aromatic carbocycles. The molecule has 5 heteroatoms. The lowest BCUT2D eigenvalue weighted by atomic mass is 9.96. The third kappa shape index (κ3) is 5.67. The third-order valence-corrected chi connectivity index (χ3v) is 7.19. The number of esters is 1. The molecule has 2 atom stereocenters. The summed E-state index contributed by atoms with van der Waals surface area (Å²) in [5.74, 6) is -0.570. The molecule has 0 bridgehead atoms. The van der Waals surface area contributed by atoms with Gasteiger partial charge in [0.05, 0.1) is 13.0 Å². The van der Waals surface area contributed by atoms with E-state index >= 15 is 0 Å². The first-order valence-electron chi connectivity index (χ1n) is 13.0. The summed E-state index contributed by atoms with van der Waals surface area (Å²) in [6, 6.07) is 28.2. The number of hydrogen-bond donors (Lipinski definition) is 1. The molecule has 1 saturated heterocycles. The van der Waals surface area contributed by atoms with Gasteiger partial charge in [0.25, 0.3) is 0 Å². The van der Waals surface area contributed by atoms with Gasteiger partial charge in [-0.25, -0.2) is 4.39 Å². The molecule has 0 aliphatic carbocycles. The number of fused-ring (bicyclic) bond motifs is 1. The summed E-state index contributed by atoms with van der Waals surface area (Å²) in [5.41, 5.74) is 4.85. The van der Waals surface area contributed by atoms with Crippen LogP contribution < -0.4 is 10.2 Å². The van der Waals surface area contributed by atoms with E-state index in [2.05, 4.69) is 71.7 Å². The highest BCUT2D eigenvalue weighted by molar-refractivity contribution is 5.86. The monoisotopic (exact) mass is 496 g/mol. The molecule has 0 amide bonds. The summed E-state index contributed by atoms with van der Waals surface area (Å²) >= 11 is 0. The Kier molecular flexibility index (Phi) is 7.52. The Morgan fingerprint density at radius 3 is 2.70 bits per heavy atom. The number of rotatable bonds is 8. The fraction of sp³-hybridized carbons (Fsp3) is 0.281. The van der Waals surface area contributed by atoms with Crippen molar-refractivity contribution in [3.8, 4) is 11.1 Å². The van der Waals surface area contributed by atoms with Gasteiger partial charge in [-0.1, -0.05) is 60.7 Å². The predicted molar refractivity (Wildman–Crippen MR) is 148 cm³/mol. The molecule has 1 aliphatic rings. The fourth-order valence-electron chi connectivity index (χ4n) is 5.43. The van der Waals surface area contributed by atoms with Crippen LogP contribution in [0, 0.1) is 5.82 Å². The van der Waals surface area contributed by atoms with Crippen LogP contribution >= 0.6 is 0 Å². The van der Waals surface area contributed by atoms with Gasteiger partial charge in [-0.3, -0.25) is 4.79 Å². The van der Waals surface area contributed by atoms with E-state index in [-0.39, 0.29) is 24.2 Å². The molecule has 1 fully saturated rings. The van der Waals surface area contributed by atoms with E-state index in [4.69, 9.17) is 4.74 Å². The molecular formula is C32H33FN2O2. The first kappa shape index (κ1) is 25.0. The van der Waals surface area contributed by atoms with Crippen molar-refractivity contribution in [1.29, 1.82) is 0 Å². The Morgan fingerprint density at radius 2 is 1.86 bits per heavy atom. The van der Waals surface area contributed by atoms with Crippen LogP contribution in [0.4, 0.5) is 10.1 Å². The normalized spacial score (nSPS) is 16.2. The van der Waals surface area contributed by atoms with E-state index in [1.165, 1.54) is 28.5 Å². The summed E-state index contributed by atoms with van der Waals surface area (Å²) in [6.07, 6.45) is 1.19. The first-order valence-corrected chi connectivity index (χ1v) is 13.0. The molecule has 5 rings (SSSR count). The second-order valence-electron chi connectivity index (χ2n) is 9.72. The second kappa shape index (κ2) is 11.1. The van der Waals surface area contributed by atoms with Crippen molar-refractivity contribution in [2.45, 2.75) is 38.8 Å². The van der Waals surface area contributed by atoms with E-state index in [1.807, 2.05) is 12.1 Å². The Bertz CT molecular complexity index is 1400. The minimum absolute atomic E-state index is 0.154. The Labute approximate surface area is 218 Å². The number of nitrogens with one attached hydrogen (secondary N) is 1. The average molecular weight is 497 g/mol. The van der Waals surface area contributed by atoms with Crippen molar-refractivity contribution >= 4 is 22.4 Å². The van der Waals surface area contributed by atoms with Gasteiger partial charge in [-0.05, 0) is 77.6 Å². The van der Waals surface area contributed by atoms with Gasteiger partial charge in [0.15, 0.2) is 0 Å². The number of nitrogens with zero attached hydrogens (tertiary/aromatic N) is 1. The molecule has 190 valence electrons. The number of ether oxygens (including phenoxy) is 1. The SMILES string of the molecule is CCOC(=O)Cc1cc(N2CC[C@H](N[C@H](C)c3cccc4ccccc34)C2)ccc1-c1cccc(F)c1. The number of carbonyl (C=O) groups is 1. The van der Waals surface area contributed by atoms with E-state index in [1.54, 1.807) is 13.0 Å². The van der Waals surface area contributed by atoms with Crippen LogP contribution in [0.3, 0.4) is 0 Å². The lowest BCUT2D eigenvalue weighted by Gasteiger charge is -2.24. The van der Waals surface area contributed by atoms with E-state index in [0.29, 0.717) is 12.6 Å². The summed E-state index contributed by atoms with van der Waals surface area (Å²) in [6.45, 7) is 6.18. The minimum atomic E-state index is -0.294. The van der Waals surface area contributed by atoms with Crippen LogP contribution in [0.1, 0.15) is 37.4 Å². The largest absolute Gasteiger partial charge is 0.466 e. The van der Waals surface area contributed by atoms with Crippen molar-refractivity contribution in [3.63, 3.8) is 0 Å². The highest BCUT2D eigenvalue weighted by Crippen LogP contribution is 2.31. The maximum absolute atomic E-state index is 13.9. The molecule has 0 unspecified atom stereocenters. The van der Waals surface area contributed by atoms with Gasteiger partial charge < -0.3 is 15.0 Å². The highest BCUT2D eigenvalue weighted by atomic mass is 19.1. The number of hydrogen-bond acceptors (Lipinski definition) is 4. The molecule has 0 spiro atoms. The van der Waals surface area contributed by atoms with Crippen molar-refractivity contribution in [2.24, 2.45) is 0 Å². The number of halogens is 1. The molecule has 1 aliphatic heterocycles. The lowest BCUT2D eigenvalue weighted by Crippen LogP contribution is -2.34. The van der Waals surface area contributed by atoms with Gasteiger partial charge in [0.1, 0.15) is 5.82 Å². The standard InChI is InChI=1S/C32H33FN2O2/c1-3-37-32(36)20-25-19-28(14-15-30(25)24-10-6-11-26(33)18-24)35-17-16-27(21-35)34-22(2)29-13-7-9-23-8-4-5-12-31(23)29/h4-15,18-19,22,27,34H,3,16-17,20-21H2,1-2H3/t22-,27+/m1/s1. The van der Waals surface area contributed by atoms with E-state index in [9.17, 15) is 9.18 Å². The zero-order valence-corrected chi connectivity index (χ0v) is 21.4. The van der Waals surface area contributed by atoms with Crippen LogP contribution in [-0.4, -0.2) is 31.7 Å². The molecule has 4 aromatic rings. The Morgan fingerprint density at radius 1 is 1.05 bits per heavy atom. The fourth-order valence-corrected chi connectivity index (χ4v) is 5.43. The maximum Gasteiger partial charge on any atom is 0.310 e. The van der Waals surface area contributed by atoms with Crippen LogP contribution in [0.2, 0.25) is 0 Å². The van der Waals surface area contributed by atoms with Gasteiger partial charge in [-0.2, -0.15) is 0 Å². The summed E-state index contributed by atoms with van der Waals surface area (Å²) in [7, 11) is 0. The molecule has 0 aromatic heterocycles. The van der Waals surface area contributed by atoms with Gasteiger partial charge in [0.2, 0.25) is 0 Å². The molecule has 1 heterocycles. The quantitative estimate of drug-likeness (QED) is 0.276. The zero-order valence-electron chi connectivity index (χ0n) is 21.4. The molecule has 0 radical (unpaired) electrons. The van der Waals surface area contributed by atoms with Crippen molar-refractivity contribution < 1.29 is 13.9 Å². The highest BCUT2D eigenvalue weighted by Gasteiger charge is 2.25. The zero-order chi connectivity index (χ0) is 25.8. The summed E-state index contributed by atoms with van der Waals surface area (Å²) in [4.78, 5) is 14.7. The number of anilines is 1. The first-order chi connectivity index (χ1) is 18.0. The lowest BCUT2D eigenvalue weighted by molar-refractivity contribution is -0.142. The van der Waals surface area contributed by atoms with Crippen LogP contribution in [0.5, 0.6) is 0 Å². The molecular weight excluding hydrogens is 463 g/mol. The molecule has 0 saturated carbocycles. The predicted octanol–water partition coefficient (Wildman–Crippen LogP) is 6.68. The van der Waals surface area contributed by atoms with Crippen molar-refractivity contribution in [1.82, 2.24) is 5.32 Å². The minimum Gasteiger partial charge on any atom is -0.466 e. The van der Waals surface area contributed by atoms with Gasteiger partial charge in [0, 0.05) is 30.9 Å². The smallest absolute Gasteiger partial charge is 0.310 e. The maximum atomic E-state index is 13.9. The summed E-state index contributed by atoms with van der Waals surface area (Å²) in [5, 5.41) is 6.38. The van der Waals surface area contributed by atoms with Crippen molar-refractivity contribution in [2.75, 3.05) is 24.6 Å². The number of carbonyl (C=O) groups excluding carboxylic acids is 1. The van der Waals surface area contributed by atoms with Crippen LogP contribution in [0.25, 0.3) is 21.9 Å². The van der Waals surface area contributed by atoms with Gasteiger partial charge >= 0.3 is 5.97 Å². The van der Waals surface area contributed by atoms with Crippen LogP contribution in [-0.2, 0) is 16.0 Å². The van der Waals surface area contributed by atoms with E-state index < -0.39 is 0 Å². The molecule has 1 N–H and O–H groups in total. The Balaban J connectivity index is 1.34. The number of benzene rings is 4. The average Bonchev–Trinajstić information content (AvgIpc) is 3.37. The van der Waals surface area contributed by atoms with Gasteiger partial charge in [-0.15, -0.1) is 0 Å². The molecule has 37 heavy (non-hydrogen) atoms. The second-order valence-corrected chi connectivity index (χ2v) is 9.72. The summed E-state index contributed by atoms with van der Waals surface area (Å²) < 4.78 is 19.2. The Hall–Kier alpha value is -3.70. The third-order valence-electron chi connectivity index (χ3n) is 7.19.